The molecule has 1 aromatic carbocycles. The van der Waals surface area contributed by atoms with E-state index >= 15 is 0 Å². The number of halogens is 1. The van der Waals surface area contributed by atoms with Crippen LogP contribution in [0.25, 0.3) is 0 Å². The van der Waals surface area contributed by atoms with Crippen molar-refractivity contribution in [2.45, 2.75) is 33.1 Å². The van der Waals surface area contributed by atoms with Crippen LogP contribution in [0, 0.1) is 5.92 Å². The van der Waals surface area contributed by atoms with Crippen LogP contribution < -0.4 is 4.74 Å². The number of rotatable bonds is 7. The molecule has 3 heteroatoms. The minimum atomic E-state index is 0.572. The van der Waals surface area contributed by atoms with E-state index in [1.165, 1.54) is 12.8 Å². The van der Waals surface area contributed by atoms with E-state index in [4.69, 9.17) is 4.74 Å². The van der Waals surface area contributed by atoms with Crippen LogP contribution >= 0.6 is 15.9 Å². The van der Waals surface area contributed by atoms with E-state index in [9.17, 15) is 4.79 Å². The number of hydrogen-bond donors (Lipinski definition) is 0. The molecule has 1 unspecified atom stereocenters. The average Bonchev–Trinajstić information content (AvgIpc) is 2.35. The Kier molecular flexibility index (Phi) is 6.27. The first-order chi connectivity index (χ1) is 8.21. The van der Waals surface area contributed by atoms with E-state index in [1.54, 1.807) is 6.07 Å². The van der Waals surface area contributed by atoms with Gasteiger partial charge in [0.05, 0.1) is 12.2 Å². The number of ether oxygens (including phenoxy) is 1. The predicted molar refractivity (Wildman–Crippen MR) is 73.7 cm³/mol. The Bertz CT molecular complexity index is 363. The van der Waals surface area contributed by atoms with Gasteiger partial charge in [-0.3, -0.25) is 4.79 Å². The second-order valence-electron chi connectivity index (χ2n) is 4.17. The summed E-state index contributed by atoms with van der Waals surface area (Å²) in [5.74, 6) is 1.25. The second kappa shape index (κ2) is 7.49. The molecule has 0 bridgehead atoms. The minimum Gasteiger partial charge on any atom is -0.493 e. The van der Waals surface area contributed by atoms with Gasteiger partial charge in [0.2, 0.25) is 0 Å². The van der Waals surface area contributed by atoms with Gasteiger partial charge < -0.3 is 4.74 Å². The minimum absolute atomic E-state index is 0.572. The van der Waals surface area contributed by atoms with Crippen LogP contribution in [0.3, 0.4) is 0 Å². The summed E-state index contributed by atoms with van der Waals surface area (Å²) in [6.07, 6.45) is 4.29. The molecule has 1 atom stereocenters. The molecule has 0 saturated heterocycles. The fourth-order valence-corrected chi connectivity index (χ4v) is 2.14. The fourth-order valence-electron chi connectivity index (χ4n) is 1.76. The van der Waals surface area contributed by atoms with Crippen LogP contribution in [-0.4, -0.2) is 12.9 Å². The number of carbonyl (C=O) groups is 1. The molecule has 17 heavy (non-hydrogen) atoms. The van der Waals surface area contributed by atoms with Crippen molar-refractivity contribution in [1.29, 1.82) is 0 Å². The quantitative estimate of drug-likeness (QED) is 0.694. The van der Waals surface area contributed by atoms with Crippen LogP contribution in [0.1, 0.15) is 43.5 Å². The van der Waals surface area contributed by atoms with Crippen molar-refractivity contribution < 1.29 is 9.53 Å². The van der Waals surface area contributed by atoms with Crippen LogP contribution in [0.4, 0.5) is 0 Å². The van der Waals surface area contributed by atoms with E-state index < -0.39 is 0 Å². The first-order valence-electron chi connectivity index (χ1n) is 6.08. The molecule has 2 nitrogen and oxygen atoms in total. The molecule has 0 radical (unpaired) electrons. The standard InChI is InChI=1S/C14H19BrO2/c1-3-5-11(4-2)10-17-14-7-6-13(15)8-12(14)9-16/h6-9,11H,3-5,10H2,1-2H3. The fraction of sp³-hybridized carbons (Fsp3) is 0.500. The highest BCUT2D eigenvalue weighted by molar-refractivity contribution is 9.10. The summed E-state index contributed by atoms with van der Waals surface area (Å²) < 4.78 is 6.63. The van der Waals surface area contributed by atoms with Crippen molar-refractivity contribution in [2.24, 2.45) is 5.92 Å². The molecule has 0 aromatic heterocycles. The van der Waals surface area contributed by atoms with Gasteiger partial charge in [-0.05, 0) is 30.5 Å². The largest absolute Gasteiger partial charge is 0.493 e. The lowest BCUT2D eigenvalue weighted by atomic mass is 10.0. The van der Waals surface area contributed by atoms with E-state index in [0.717, 1.165) is 17.2 Å². The second-order valence-corrected chi connectivity index (χ2v) is 5.09. The first-order valence-corrected chi connectivity index (χ1v) is 6.88. The van der Waals surface area contributed by atoms with Crippen LogP contribution in [0.5, 0.6) is 5.75 Å². The predicted octanol–water partition coefficient (Wildman–Crippen LogP) is 4.47. The summed E-state index contributed by atoms with van der Waals surface area (Å²) in [6.45, 7) is 5.04. The molecule has 1 aromatic rings. The monoisotopic (exact) mass is 298 g/mol. The Morgan fingerprint density at radius 2 is 2.18 bits per heavy atom. The number of aldehydes is 1. The molecule has 1 rings (SSSR count). The summed E-state index contributed by atoms with van der Waals surface area (Å²) in [4.78, 5) is 10.9. The lowest BCUT2D eigenvalue weighted by molar-refractivity contribution is 0.111. The number of hydrogen-bond acceptors (Lipinski definition) is 2. The van der Waals surface area contributed by atoms with Gasteiger partial charge in [-0.25, -0.2) is 0 Å². The van der Waals surface area contributed by atoms with Gasteiger partial charge in [-0.15, -0.1) is 0 Å². The lowest BCUT2D eigenvalue weighted by Crippen LogP contribution is -2.11. The topological polar surface area (TPSA) is 26.3 Å². The first kappa shape index (κ1) is 14.2. The summed E-state index contributed by atoms with van der Waals surface area (Å²) in [5.41, 5.74) is 0.603. The van der Waals surface area contributed by atoms with Crippen LogP contribution in [0.15, 0.2) is 22.7 Å². The average molecular weight is 299 g/mol. The Balaban J connectivity index is 2.64. The van der Waals surface area contributed by atoms with E-state index in [0.29, 0.717) is 23.8 Å². The van der Waals surface area contributed by atoms with Gasteiger partial charge in [0.25, 0.3) is 0 Å². The Morgan fingerprint density at radius 3 is 2.76 bits per heavy atom. The molecule has 0 heterocycles. The number of benzene rings is 1. The molecule has 0 N–H and O–H groups in total. The molecule has 0 amide bonds. The highest BCUT2D eigenvalue weighted by Crippen LogP contribution is 2.23. The van der Waals surface area contributed by atoms with Crippen molar-refractivity contribution in [2.75, 3.05) is 6.61 Å². The van der Waals surface area contributed by atoms with Gasteiger partial charge in [-0.1, -0.05) is 42.6 Å². The molecular formula is C14H19BrO2. The Labute approximate surface area is 111 Å². The van der Waals surface area contributed by atoms with Gasteiger partial charge in [-0.2, -0.15) is 0 Å². The maximum absolute atomic E-state index is 10.9. The third-order valence-corrected chi connectivity index (χ3v) is 3.34. The summed E-state index contributed by atoms with van der Waals surface area (Å²) in [5, 5.41) is 0. The van der Waals surface area contributed by atoms with Crippen molar-refractivity contribution in [3.8, 4) is 5.75 Å². The van der Waals surface area contributed by atoms with Crippen molar-refractivity contribution in [3.05, 3.63) is 28.2 Å². The molecule has 0 aliphatic carbocycles. The van der Waals surface area contributed by atoms with Crippen molar-refractivity contribution in [1.82, 2.24) is 0 Å². The Hall–Kier alpha value is -0.830. The third-order valence-electron chi connectivity index (χ3n) is 2.85. The highest BCUT2D eigenvalue weighted by atomic mass is 79.9. The maximum atomic E-state index is 10.9. The maximum Gasteiger partial charge on any atom is 0.153 e. The molecular weight excluding hydrogens is 280 g/mol. The third kappa shape index (κ3) is 4.50. The smallest absolute Gasteiger partial charge is 0.153 e. The Morgan fingerprint density at radius 1 is 1.41 bits per heavy atom. The summed E-state index contributed by atoms with van der Waals surface area (Å²) in [7, 11) is 0. The molecule has 0 fully saturated rings. The van der Waals surface area contributed by atoms with Gasteiger partial charge in [0.15, 0.2) is 6.29 Å². The normalized spacial score (nSPS) is 12.2. The summed E-state index contributed by atoms with van der Waals surface area (Å²) >= 11 is 3.34. The SMILES string of the molecule is CCCC(CC)COc1ccc(Br)cc1C=O. The van der Waals surface area contributed by atoms with E-state index in [-0.39, 0.29) is 0 Å². The van der Waals surface area contributed by atoms with Gasteiger partial charge >= 0.3 is 0 Å². The molecule has 0 aliphatic rings. The summed E-state index contributed by atoms with van der Waals surface area (Å²) in [6, 6.07) is 5.51. The van der Waals surface area contributed by atoms with E-state index in [1.807, 2.05) is 12.1 Å². The van der Waals surface area contributed by atoms with Crippen LogP contribution in [0.2, 0.25) is 0 Å². The van der Waals surface area contributed by atoms with Gasteiger partial charge in [0.1, 0.15) is 5.75 Å². The molecule has 0 aliphatic heterocycles. The highest BCUT2D eigenvalue weighted by Gasteiger charge is 2.08. The number of carbonyl (C=O) groups excluding carboxylic acids is 1. The van der Waals surface area contributed by atoms with Crippen LogP contribution in [-0.2, 0) is 0 Å². The zero-order valence-electron chi connectivity index (χ0n) is 10.4. The molecule has 0 spiro atoms. The van der Waals surface area contributed by atoms with Gasteiger partial charge in [0, 0.05) is 4.47 Å². The van der Waals surface area contributed by atoms with Crippen molar-refractivity contribution >= 4 is 22.2 Å². The van der Waals surface area contributed by atoms with E-state index in [2.05, 4.69) is 29.8 Å². The lowest BCUT2D eigenvalue weighted by Gasteiger charge is -2.16. The zero-order valence-corrected chi connectivity index (χ0v) is 12.0. The molecule has 0 saturated carbocycles. The van der Waals surface area contributed by atoms with Crippen molar-refractivity contribution in [3.63, 3.8) is 0 Å². The zero-order chi connectivity index (χ0) is 12.7. The molecule has 94 valence electrons.